The van der Waals surface area contributed by atoms with Gasteiger partial charge in [-0.2, -0.15) is 0 Å². The van der Waals surface area contributed by atoms with Crippen LogP contribution in [0.3, 0.4) is 0 Å². The Hall–Kier alpha value is -1.16. The number of alkyl halides is 1. The van der Waals surface area contributed by atoms with Gasteiger partial charge in [-0.25, -0.2) is 9.37 Å². The van der Waals surface area contributed by atoms with E-state index in [0.29, 0.717) is 6.42 Å². The quantitative estimate of drug-likeness (QED) is 0.650. The van der Waals surface area contributed by atoms with E-state index in [0.717, 1.165) is 63.3 Å². The molecule has 150 valence electrons. The second-order valence-electron chi connectivity index (χ2n) is 7.06. The highest BCUT2D eigenvalue weighted by Crippen LogP contribution is 2.22. The lowest BCUT2D eigenvalue weighted by Crippen LogP contribution is -2.19. The molecule has 4 heteroatoms. The van der Waals surface area contributed by atoms with Crippen molar-refractivity contribution < 1.29 is 4.39 Å². The van der Waals surface area contributed by atoms with Gasteiger partial charge in [-0.3, -0.25) is 0 Å². The largest absolute Gasteiger partial charge is 0.370 e. The van der Waals surface area contributed by atoms with Crippen molar-refractivity contribution in [2.45, 2.75) is 85.2 Å². The van der Waals surface area contributed by atoms with Crippen LogP contribution in [0, 0.1) is 5.92 Å². The molecule has 0 amide bonds. The summed E-state index contributed by atoms with van der Waals surface area (Å²) in [5.74, 6) is 1.32. The molecule has 1 saturated heterocycles. The van der Waals surface area contributed by atoms with Crippen molar-refractivity contribution in [2.24, 2.45) is 5.92 Å². The first-order valence-electron chi connectivity index (χ1n) is 10.8. The molecule has 0 radical (unpaired) electrons. The van der Waals surface area contributed by atoms with Crippen molar-refractivity contribution in [2.75, 3.05) is 25.0 Å². The van der Waals surface area contributed by atoms with E-state index in [2.05, 4.69) is 36.6 Å². The van der Waals surface area contributed by atoms with Gasteiger partial charge in [-0.05, 0) is 56.7 Å². The van der Waals surface area contributed by atoms with Crippen LogP contribution < -0.4 is 10.6 Å². The number of anilines is 1. The second kappa shape index (κ2) is 14.0. The predicted octanol–water partition coefficient (Wildman–Crippen LogP) is 5.54. The Bertz CT molecular complexity index is 472. The van der Waals surface area contributed by atoms with Gasteiger partial charge in [0.2, 0.25) is 0 Å². The highest BCUT2D eigenvalue weighted by atomic mass is 19.1. The zero-order chi connectivity index (χ0) is 19.2. The molecule has 3 rings (SSSR count). The van der Waals surface area contributed by atoms with Gasteiger partial charge < -0.3 is 10.6 Å². The van der Waals surface area contributed by atoms with Gasteiger partial charge in [-0.1, -0.05) is 46.6 Å². The molecule has 0 bridgehead atoms. The summed E-state index contributed by atoms with van der Waals surface area (Å²) in [4.78, 5) is 4.69. The zero-order valence-electron chi connectivity index (χ0n) is 17.4. The van der Waals surface area contributed by atoms with Crippen LogP contribution in [0.4, 0.5) is 10.2 Å². The molecule has 0 aliphatic carbocycles. The number of pyridine rings is 1. The molecule has 3 nitrogen and oxygen atoms in total. The number of rotatable bonds is 6. The topological polar surface area (TPSA) is 37.0 Å². The number of nitrogens with one attached hydrogen (secondary N) is 2. The minimum absolute atomic E-state index is 0.246. The van der Waals surface area contributed by atoms with E-state index in [9.17, 15) is 4.39 Å². The third-order valence-corrected chi connectivity index (χ3v) is 4.72. The van der Waals surface area contributed by atoms with E-state index in [4.69, 9.17) is 4.98 Å². The molecule has 0 spiro atoms. The highest BCUT2D eigenvalue weighted by Gasteiger charge is 2.23. The molecule has 1 aromatic rings. The average Bonchev–Trinajstić information content (AvgIpc) is 3.22. The lowest BCUT2D eigenvalue weighted by atomic mass is 9.97. The van der Waals surface area contributed by atoms with Crippen molar-refractivity contribution in [3.63, 3.8) is 0 Å². The number of unbranched alkanes of at least 4 members (excludes halogenated alkanes) is 1. The molecule has 1 aromatic heterocycles. The second-order valence-corrected chi connectivity index (χ2v) is 7.06. The maximum atomic E-state index is 14.0. The van der Waals surface area contributed by atoms with Gasteiger partial charge in [0.15, 0.2) is 0 Å². The number of hydrogen-bond acceptors (Lipinski definition) is 3. The number of aryl methyl sites for hydroxylation is 2. The fraction of sp³-hybridized carbons (Fsp3) is 0.773. The van der Waals surface area contributed by atoms with Gasteiger partial charge >= 0.3 is 0 Å². The molecule has 2 N–H and O–H groups in total. The van der Waals surface area contributed by atoms with E-state index in [1.807, 2.05) is 13.8 Å². The molecule has 2 atom stereocenters. The fourth-order valence-corrected chi connectivity index (χ4v) is 3.37. The monoisotopic (exact) mass is 365 g/mol. The number of hydrogen-bond donors (Lipinski definition) is 2. The molecule has 2 aliphatic heterocycles. The van der Waals surface area contributed by atoms with Crippen LogP contribution in [-0.2, 0) is 12.8 Å². The van der Waals surface area contributed by atoms with Crippen LogP contribution in [0.25, 0.3) is 0 Å². The summed E-state index contributed by atoms with van der Waals surface area (Å²) < 4.78 is 14.0. The summed E-state index contributed by atoms with van der Waals surface area (Å²) in [6.45, 7) is 11.1. The first-order chi connectivity index (χ1) is 12.7. The van der Waals surface area contributed by atoms with E-state index in [1.165, 1.54) is 18.4 Å². The molecule has 0 aromatic carbocycles. The van der Waals surface area contributed by atoms with Crippen molar-refractivity contribution in [3.05, 3.63) is 23.4 Å². The zero-order valence-corrected chi connectivity index (χ0v) is 17.4. The average molecular weight is 366 g/mol. The third kappa shape index (κ3) is 8.03. The van der Waals surface area contributed by atoms with Crippen molar-refractivity contribution in [1.82, 2.24) is 10.3 Å². The Morgan fingerprint density at radius 2 is 1.96 bits per heavy atom. The lowest BCUT2D eigenvalue weighted by Gasteiger charge is -2.17. The Morgan fingerprint density at radius 3 is 2.65 bits per heavy atom. The first kappa shape index (κ1) is 22.9. The van der Waals surface area contributed by atoms with Crippen LogP contribution in [-0.4, -0.2) is 30.8 Å². The van der Waals surface area contributed by atoms with Gasteiger partial charge in [0.05, 0.1) is 0 Å². The first-order valence-corrected chi connectivity index (χ1v) is 10.8. The Morgan fingerprint density at radius 1 is 1.19 bits per heavy atom. The number of nitrogens with zero attached hydrogens (tertiary/aromatic N) is 1. The number of fused-ring (bicyclic) bond motifs is 1. The summed E-state index contributed by atoms with van der Waals surface area (Å²) >= 11 is 0. The number of halogens is 1. The standard InChI is InChI=1S/C17H26FN3.C3H8.C2H6/c18-16(14-9-11-19-12-14)6-2-1-5-15-8-7-13-4-3-10-20-17(13)21-15;1-3-2;1-2/h7-8,14,16,19H,1-6,9-12H2,(H,20,21);3H2,1-2H3;1-2H3. The predicted molar refractivity (Wildman–Crippen MR) is 112 cm³/mol. The lowest BCUT2D eigenvalue weighted by molar-refractivity contribution is 0.221. The van der Waals surface area contributed by atoms with E-state index in [1.54, 1.807) is 0 Å². The van der Waals surface area contributed by atoms with Gasteiger partial charge in [0, 0.05) is 24.7 Å². The van der Waals surface area contributed by atoms with Crippen molar-refractivity contribution in [3.8, 4) is 0 Å². The maximum absolute atomic E-state index is 14.0. The van der Waals surface area contributed by atoms with E-state index >= 15 is 0 Å². The third-order valence-electron chi connectivity index (χ3n) is 4.72. The van der Waals surface area contributed by atoms with E-state index in [-0.39, 0.29) is 5.92 Å². The molecular formula is C22H40FN3. The normalized spacial score (nSPS) is 19.2. The van der Waals surface area contributed by atoms with Crippen LogP contribution in [0.1, 0.15) is 77.5 Å². The molecule has 2 unspecified atom stereocenters. The van der Waals surface area contributed by atoms with Crippen molar-refractivity contribution >= 4 is 5.82 Å². The van der Waals surface area contributed by atoms with Gasteiger partial charge in [0.25, 0.3) is 0 Å². The smallest absolute Gasteiger partial charge is 0.129 e. The summed E-state index contributed by atoms with van der Waals surface area (Å²) in [5.41, 5.74) is 2.48. The molecular weight excluding hydrogens is 325 g/mol. The Kier molecular flexibility index (Phi) is 12.3. The minimum Gasteiger partial charge on any atom is -0.370 e. The Labute approximate surface area is 160 Å². The fourth-order valence-electron chi connectivity index (χ4n) is 3.37. The highest BCUT2D eigenvalue weighted by molar-refractivity contribution is 5.46. The van der Waals surface area contributed by atoms with Crippen LogP contribution >= 0.6 is 0 Å². The molecule has 0 saturated carbocycles. The number of aromatic nitrogens is 1. The molecule has 2 aliphatic rings. The molecule has 3 heterocycles. The minimum atomic E-state index is -0.627. The van der Waals surface area contributed by atoms with Crippen LogP contribution in [0.2, 0.25) is 0 Å². The van der Waals surface area contributed by atoms with Crippen LogP contribution in [0.15, 0.2) is 12.1 Å². The Balaban J connectivity index is 0.000000615. The maximum Gasteiger partial charge on any atom is 0.129 e. The van der Waals surface area contributed by atoms with E-state index < -0.39 is 6.17 Å². The van der Waals surface area contributed by atoms with Crippen molar-refractivity contribution in [1.29, 1.82) is 0 Å². The molecule has 26 heavy (non-hydrogen) atoms. The SMILES string of the molecule is CC.CCC.FC(CCCCc1ccc2c(n1)NCCC2)C1CCNC1. The summed E-state index contributed by atoms with van der Waals surface area (Å²) in [6, 6.07) is 4.34. The summed E-state index contributed by atoms with van der Waals surface area (Å²) in [5, 5.41) is 6.61. The molecule has 1 fully saturated rings. The summed E-state index contributed by atoms with van der Waals surface area (Å²) in [7, 11) is 0. The van der Waals surface area contributed by atoms with Gasteiger partial charge in [-0.15, -0.1) is 0 Å². The van der Waals surface area contributed by atoms with Gasteiger partial charge in [0.1, 0.15) is 12.0 Å². The summed E-state index contributed by atoms with van der Waals surface area (Å²) in [6.07, 6.45) is 7.62. The van der Waals surface area contributed by atoms with Crippen LogP contribution in [0.5, 0.6) is 0 Å².